The molecule has 0 saturated heterocycles. The number of aromatic nitrogens is 3. The van der Waals surface area contributed by atoms with Crippen molar-refractivity contribution in [2.75, 3.05) is 5.75 Å². The molecule has 0 unspecified atom stereocenters. The highest BCUT2D eigenvalue weighted by Gasteiger charge is 2.25. The van der Waals surface area contributed by atoms with Crippen LogP contribution >= 0.6 is 11.8 Å². The van der Waals surface area contributed by atoms with Crippen LogP contribution in [0.4, 0.5) is 0 Å². The Morgan fingerprint density at radius 1 is 1.40 bits per heavy atom. The van der Waals surface area contributed by atoms with Crippen LogP contribution in [0, 0.1) is 5.41 Å². The van der Waals surface area contributed by atoms with Gasteiger partial charge in [-0.15, -0.1) is 0 Å². The average Bonchev–Trinajstić information content (AvgIpc) is 2.34. The number of unbranched alkanes of at least 4 members (excludes halogenated alkanes) is 1. The molecule has 0 amide bonds. The molecule has 7 nitrogen and oxygen atoms in total. The van der Waals surface area contributed by atoms with E-state index in [4.69, 9.17) is 5.11 Å². The van der Waals surface area contributed by atoms with Crippen molar-refractivity contribution in [1.82, 2.24) is 14.8 Å². The van der Waals surface area contributed by atoms with Crippen LogP contribution in [0.1, 0.15) is 33.1 Å². The van der Waals surface area contributed by atoms with E-state index in [2.05, 4.69) is 10.1 Å². The zero-order valence-corrected chi connectivity index (χ0v) is 12.6. The quantitative estimate of drug-likeness (QED) is 0.439. The molecule has 0 spiro atoms. The number of nitrogens with one attached hydrogen (secondary N) is 1. The Morgan fingerprint density at radius 3 is 2.65 bits per heavy atom. The van der Waals surface area contributed by atoms with Gasteiger partial charge in [0, 0.05) is 12.8 Å². The summed E-state index contributed by atoms with van der Waals surface area (Å²) < 4.78 is 1.41. The number of aryl methyl sites for hydroxylation is 1. The smallest absolute Gasteiger partial charge is 0.339 e. The van der Waals surface area contributed by atoms with E-state index in [1.54, 1.807) is 20.9 Å². The Labute approximate surface area is 120 Å². The maximum atomic E-state index is 11.1. The minimum Gasteiger partial charge on any atom is -0.481 e. The first-order chi connectivity index (χ1) is 9.24. The fourth-order valence-electron chi connectivity index (χ4n) is 1.53. The van der Waals surface area contributed by atoms with Crippen molar-refractivity contribution in [3.63, 3.8) is 0 Å². The highest BCUT2D eigenvalue weighted by molar-refractivity contribution is 7.99. The number of rotatable bonds is 7. The Kier molecular flexibility index (Phi) is 5.55. The highest BCUT2D eigenvalue weighted by Crippen LogP contribution is 2.24. The molecule has 112 valence electrons. The van der Waals surface area contributed by atoms with E-state index < -0.39 is 22.5 Å². The number of aliphatic carboxylic acids is 1. The van der Waals surface area contributed by atoms with Gasteiger partial charge < -0.3 is 5.11 Å². The Bertz CT molecular complexity index is 591. The maximum absolute atomic E-state index is 11.1. The molecule has 0 bridgehead atoms. The van der Waals surface area contributed by atoms with Gasteiger partial charge in [0.2, 0.25) is 0 Å². The molecule has 0 aliphatic rings. The topological polar surface area (TPSA) is 105 Å². The van der Waals surface area contributed by atoms with Gasteiger partial charge in [0.05, 0.1) is 5.41 Å². The number of aromatic amines is 1. The number of nitrogens with zero attached hydrogens (tertiary/aromatic N) is 2. The Balaban J connectivity index is 2.43. The molecule has 0 saturated carbocycles. The normalized spacial score (nSPS) is 11.6. The van der Waals surface area contributed by atoms with Gasteiger partial charge >= 0.3 is 17.1 Å². The van der Waals surface area contributed by atoms with Crippen molar-refractivity contribution in [1.29, 1.82) is 0 Å². The van der Waals surface area contributed by atoms with Crippen LogP contribution in [0.3, 0.4) is 0 Å². The van der Waals surface area contributed by atoms with Crippen molar-refractivity contribution < 1.29 is 9.90 Å². The molecule has 0 fully saturated rings. The van der Waals surface area contributed by atoms with Crippen molar-refractivity contribution in [2.45, 2.75) is 38.3 Å². The molecule has 2 N–H and O–H groups in total. The molecule has 0 aliphatic heterocycles. The molecule has 0 atom stereocenters. The minimum absolute atomic E-state index is 0.451. The summed E-state index contributed by atoms with van der Waals surface area (Å²) in [5.41, 5.74) is -2.24. The van der Waals surface area contributed by atoms with Crippen LogP contribution in [-0.4, -0.2) is 31.6 Å². The van der Waals surface area contributed by atoms with Crippen LogP contribution in [0.5, 0.6) is 0 Å². The summed E-state index contributed by atoms with van der Waals surface area (Å²) in [5.74, 6) is -0.0861. The first-order valence-electron chi connectivity index (χ1n) is 6.27. The fraction of sp³-hybridized carbons (Fsp3) is 0.667. The predicted octanol–water partition coefficient (Wildman–Crippen LogP) is 0.842. The van der Waals surface area contributed by atoms with Crippen LogP contribution < -0.4 is 11.1 Å². The van der Waals surface area contributed by atoms with Gasteiger partial charge in [0.25, 0.3) is 0 Å². The van der Waals surface area contributed by atoms with Crippen LogP contribution in [0.15, 0.2) is 14.7 Å². The summed E-state index contributed by atoms with van der Waals surface area (Å²) in [6.07, 6.45) is 2.20. The zero-order chi connectivity index (χ0) is 15.3. The first kappa shape index (κ1) is 16.5. The number of hydrogen-bond acceptors (Lipinski definition) is 5. The molecule has 0 radical (unpaired) electrons. The van der Waals surface area contributed by atoms with Crippen molar-refractivity contribution in [3.05, 3.63) is 20.7 Å². The largest absolute Gasteiger partial charge is 0.481 e. The SMILES string of the molecule is Cn1[nH]c(=O)c(=O)nc1SCCCCC(C)(C)C(=O)O. The van der Waals surface area contributed by atoms with E-state index in [0.717, 1.165) is 12.8 Å². The number of thioether (sulfide) groups is 1. The van der Waals surface area contributed by atoms with Crippen LogP contribution in [-0.2, 0) is 11.8 Å². The molecule has 1 rings (SSSR count). The van der Waals surface area contributed by atoms with E-state index >= 15 is 0 Å². The number of H-pyrrole nitrogens is 1. The molecule has 0 aromatic carbocycles. The van der Waals surface area contributed by atoms with Gasteiger partial charge in [0.15, 0.2) is 5.16 Å². The lowest BCUT2D eigenvalue weighted by Crippen LogP contribution is -2.33. The standard InChI is InChI=1S/C12H19N3O4S/c1-12(2,10(18)19)6-4-5-7-20-11-13-8(16)9(17)14-15(11)3/h4-7H2,1-3H3,(H,14,17)(H,18,19). The van der Waals surface area contributed by atoms with Crippen LogP contribution in [0.25, 0.3) is 0 Å². The summed E-state index contributed by atoms with van der Waals surface area (Å²) >= 11 is 1.36. The minimum atomic E-state index is -0.796. The zero-order valence-electron chi connectivity index (χ0n) is 11.8. The van der Waals surface area contributed by atoms with Gasteiger partial charge in [-0.2, -0.15) is 4.98 Å². The molecule has 1 heterocycles. The molecule has 1 aromatic rings. The monoisotopic (exact) mass is 301 g/mol. The molecule has 0 aliphatic carbocycles. The summed E-state index contributed by atoms with van der Waals surface area (Å²) in [6, 6.07) is 0. The van der Waals surface area contributed by atoms with Gasteiger partial charge in [0.1, 0.15) is 0 Å². The Morgan fingerprint density at radius 2 is 2.05 bits per heavy atom. The molecular formula is C12H19N3O4S. The second kappa shape index (κ2) is 6.74. The van der Waals surface area contributed by atoms with E-state index in [0.29, 0.717) is 17.3 Å². The molecule has 8 heteroatoms. The summed E-state index contributed by atoms with van der Waals surface area (Å²) in [5, 5.41) is 11.8. The van der Waals surface area contributed by atoms with E-state index in [1.165, 1.54) is 16.4 Å². The summed E-state index contributed by atoms with van der Waals surface area (Å²) in [7, 11) is 1.61. The van der Waals surface area contributed by atoms with Gasteiger partial charge in [-0.1, -0.05) is 18.2 Å². The highest BCUT2D eigenvalue weighted by atomic mass is 32.2. The van der Waals surface area contributed by atoms with E-state index in [-0.39, 0.29) is 0 Å². The Hall–Kier alpha value is -1.57. The molecule has 1 aromatic heterocycles. The van der Waals surface area contributed by atoms with Crippen LogP contribution in [0.2, 0.25) is 0 Å². The lowest BCUT2D eigenvalue weighted by atomic mass is 9.88. The summed E-state index contributed by atoms with van der Waals surface area (Å²) in [6.45, 7) is 3.41. The van der Waals surface area contributed by atoms with Gasteiger partial charge in [-0.25, -0.2) is 0 Å². The average molecular weight is 301 g/mol. The second-order valence-electron chi connectivity index (χ2n) is 5.19. The van der Waals surface area contributed by atoms with E-state index in [9.17, 15) is 14.4 Å². The predicted molar refractivity (Wildman–Crippen MR) is 76.1 cm³/mol. The second-order valence-corrected chi connectivity index (χ2v) is 6.26. The van der Waals surface area contributed by atoms with Gasteiger partial charge in [-0.3, -0.25) is 24.2 Å². The van der Waals surface area contributed by atoms with Crippen molar-refractivity contribution in [2.24, 2.45) is 12.5 Å². The maximum Gasteiger partial charge on any atom is 0.339 e. The first-order valence-corrected chi connectivity index (χ1v) is 7.26. The number of carboxylic acids is 1. The lowest BCUT2D eigenvalue weighted by Gasteiger charge is -2.18. The third kappa shape index (κ3) is 4.52. The third-order valence-electron chi connectivity index (χ3n) is 2.95. The molecule has 20 heavy (non-hydrogen) atoms. The van der Waals surface area contributed by atoms with Crippen molar-refractivity contribution >= 4 is 17.7 Å². The molecular weight excluding hydrogens is 282 g/mol. The van der Waals surface area contributed by atoms with Gasteiger partial charge in [-0.05, 0) is 26.7 Å². The summed E-state index contributed by atoms with van der Waals surface area (Å²) in [4.78, 5) is 36.8. The number of carboxylic acid groups (broad SMARTS) is 1. The van der Waals surface area contributed by atoms with E-state index in [1.807, 2.05) is 0 Å². The number of carbonyl (C=O) groups is 1. The van der Waals surface area contributed by atoms with Crippen molar-refractivity contribution in [3.8, 4) is 0 Å². The lowest BCUT2D eigenvalue weighted by molar-refractivity contribution is -0.147. The third-order valence-corrected chi connectivity index (χ3v) is 4.07. The number of hydrogen-bond donors (Lipinski definition) is 2. The fourth-order valence-corrected chi connectivity index (χ4v) is 2.45.